The summed E-state index contributed by atoms with van der Waals surface area (Å²) in [6, 6.07) is 5.55. The van der Waals surface area contributed by atoms with Crippen LogP contribution >= 0.6 is 27.5 Å². The van der Waals surface area contributed by atoms with E-state index in [4.69, 9.17) is 16.3 Å². The summed E-state index contributed by atoms with van der Waals surface area (Å²) in [5.41, 5.74) is 0. The van der Waals surface area contributed by atoms with E-state index in [9.17, 15) is 0 Å². The van der Waals surface area contributed by atoms with Crippen molar-refractivity contribution in [2.24, 2.45) is 0 Å². The van der Waals surface area contributed by atoms with Gasteiger partial charge < -0.3 is 4.74 Å². The highest BCUT2D eigenvalue weighted by Crippen LogP contribution is 2.31. The fourth-order valence-corrected chi connectivity index (χ4v) is 1.19. The number of methoxy groups -OCH3 is 1. The summed E-state index contributed by atoms with van der Waals surface area (Å²) in [4.78, 5) is 0. The first kappa shape index (κ1) is 7.89. The van der Waals surface area contributed by atoms with E-state index in [1.807, 2.05) is 18.2 Å². The molecule has 0 heterocycles. The highest BCUT2D eigenvalue weighted by molar-refractivity contribution is 9.10. The second kappa shape index (κ2) is 3.26. The van der Waals surface area contributed by atoms with Gasteiger partial charge in [0.25, 0.3) is 0 Å². The molecule has 0 aliphatic carbocycles. The van der Waals surface area contributed by atoms with Gasteiger partial charge in [0.05, 0.1) is 12.1 Å². The number of hydrogen-bond donors (Lipinski definition) is 0. The van der Waals surface area contributed by atoms with Crippen molar-refractivity contribution in [1.82, 2.24) is 0 Å². The topological polar surface area (TPSA) is 9.23 Å². The molecule has 1 aromatic carbocycles. The summed E-state index contributed by atoms with van der Waals surface area (Å²) < 4.78 is 5.82. The van der Waals surface area contributed by atoms with Crippen LogP contribution in [-0.4, -0.2) is 7.11 Å². The summed E-state index contributed by atoms with van der Waals surface area (Å²) in [5, 5.41) is 0.616. The lowest BCUT2D eigenvalue weighted by Crippen LogP contribution is -1.82. The molecule has 0 aliphatic heterocycles. The van der Waals surface area contributed by atoms with Crippen molar-refractivity contribution >= 4 is 27.5 Å². The SMILES string of the molecule is COc1cccc(Br)c1Cl. The van der Waals surface area contributed by atoms with Crippen LogP contribution in [0.15, 0.2) is 22.7 Å². The Morgan fingerprint density at radius 1 is 1.50 bits per heavy atom. The van der Waals surface area contributed by atoms with Gasteiger partial charge in [0, 0.05) is 4.47 Å². The quantitative estimate of drug-likeness (QED) is 0.708. The molecule has 0 unspecified atom stereocenters. The van der Waals surface area contributed by atoms with Crippen molar-refractivity contribution in [3.8, 4) is 5.75 Å². The third-order valence-electron chi connectivity index (χ3n) is 1.14. The zero-order valence-electron chi connectivity index (χ0n) is 5.40. The molecule has 0 radical (unpaired) electrons. The van der Waals surface area contributed by atoms with Crippen molar-refractivity contribution in [2.75, 3.05) is 7.11 Å². The van der Waals surface area contributed by atoms with Crippen LogP contribution < -0.4 is 4.74 Å². The van der Waals surface area contributed by atoms with Gasteiger partial charge in [-0.15, -0.1) is 0 Å². The van der Waals surface area contributed by atoms with Crippen LogP contribution in [0.25, 0.3) is 0 Å². The summed E-state index contributed by atoms with van der Waals surface area (Å²) in [5.74, 6) is 0.691. The van der Waals surface area contributed by atoms with Gasteiger partial charge in [0.15, 0.2) is 0 Å². The number of hydrogen-bond acceptors (Lipinski definition) is 1. The Hall–Kier alpha value is -0.210. The van der Waals surface area contributed by atoms with E-state index in [0.29, 0.717) is 10.8 Å². The van der Waals surface area contributed by atoms with Gasteiger partial charge in [0.2, 0.25) is 0 Å². The highest BCUT2D eigenvalue weighted by Gasteiger charge is 2.01. The van der Waals surface area contributed by atoms with E-state index >= 15 is 0 Å². The Bertz CT molecular complexity index is 237. The summed E-state index contributed by atoms with van der Waals surface area (Å²) >= 11 is 9.10. The van der Waals surface area contributed by atoms with E-state index in [1.54, 1.807) is 7.11 Å². The largest absolute Gasteiger partial charge is 0.495 e. The van der Waals surface area contributed by atoms with Crippen molar-refractivity contribution in [1.29, 1.82) is 0 Å². The van der Waals surface area contributed by atoms with Crippen molar-refractivity contribution in [2.45, 2.75) is 0 Å². The lowest BCUT2D eigenvalue weighted by molar-refractivity contribution is 0.415. The maximum Gasteiger partial charge on any atom is 0.138 e. The smallest absolute Gasteiger partial charge is 0.138 e. The molecule has 0 aromatic heterocycles. The number of benzene rings is 1. The third-order valence-corrected chi connectivity index (χ3v) is 2.42. The molecule has 0 saturated heterocycles. The molecule has 0 bridgehead atoms. The molecule has 54 valence electrons. The second-order valence-electron chi connectivity index (χ2n) is 1.76. The fraction of sp³-hybridized carbons (Fsp3) is 0.143. The van der Waals surface area contributed by atoms with Gasteiger partial charge in [-0.3, -0.25) is 0 Å². The second-order valence-corrected chi connectivity index (χ2v) is 2.99. The number of rotatable bonds is 1. The Kier molecular flexibility index (Phi) is 2.57. The highest BCUT2D eigenvalue weighted by atomic mass is 79.9. The maximum absolute atomic E-state index is 5.82. The average Bonchev–Trinajstić information content (AvgIpc) is 1.95. The first-order valence-corrected chi connectivity index (χ1v) is 3.91. The van der Waals surface area contributed by atoms with Gasteiger partial charge in [-0.1, -0.05) is 17.7 Å². The predicted octanol–water partition coefficient (Wildman–Crippen LogP) is 3.11. The number of ether oxygens (including phenoxy) is 1. The zero-order chi connectivity index (χ0) is 7.56. The molecule has 1 aromatic rings. The van der Waals surface area contributed by atoms with Crippen LogP contribution in [-0.2, 0) is 0 Å². The van der Waals surface area contributed by atoms with E-state index in [1.165, 1.54) is 0 Å². The minimum atomic E-state index is 0.616. The standard InChI is InChI=1S/C7H6BrClO/c1-10-6-4-2-3-5(8)7(6)9/h2-4H,1H3. The van der Waals surface area contributed by atoms with E-state index in [2.05, 4.69) is 15.9 Å². The zero-order valence-corrected chi connectivity index (χ0v) is 7.74. The molecule has 3 heteroatoms. The predicted molar refractivity (Wildman–Crippen MR) is 45.7 cm³/mol. The summed E-state index contributed by atoms with van der Waals surface area (Å²) in [7, 11) is 1.59. The minimum Gasteiger partial charge on any atom is -0.495 e. The molecule has 0 spiro atoms. The first-order chi connectivity index (χ1) is 4.75. The third kappa shape index (κ3) is 1.44. The lowest BCUT2D eigenvalue weighted by atomic mass is 10.3. The molecule has 0 aliphatic rings. The molecule has 1 nitrogen and oxygen atoms in total. The van der Waals surface area contributed by atoms with E-state index < -0.39 is 0 Å². The molecule has 0 fully saturated rings. The van der Waals surface area contributed by atoms with Crippen LogP contribution in [0.2, 0.25) is 5.02 Å². The Balaban J connectivity index is 3.14. The molecule has 0 saturated carbocycles. The van der Waals surface area contributed by atoms with Crippen LogP contribution in [0, 0.1) is 0 Å². The summed E-state index contributed by atoms with van der Waals surface area (Å²) in [6.07, 6.45) is 0. The lowest BCUT2D eigenvalue weighted by Gasteiger charge is -2.02. The Labute approximate surface area is 73.1 Å². The van der Waals surface area contributed by atoms with E-state index in [-0.39, 0.29) is 0 Å². The first-order valence-electron chi connectivity index (χ1n) is 2.73. The monoisotopic (exact) mass is 220 g/mol. The Morgan fingerprint density at radius 3 is 2.70 bits per heavy atom. The molecule has 0 N–H and O–H groups in total. The minimum absolute atomic E-state index is 0.616. The van der Waals surface area contributed by atoms with E-state index in [0.717, 1.165) is 4.47 Å². The molecule has 0 amide bonds. The summed E-state index contributed by atoms with van der Waals surface area (Å²) in [6.45, 7) is 0. The Morgan fingerprint density at radius 2 is 2.20 bits per heavy atom. The van der Waals surface area contributed by atoms with Gasteiger partial charge in [-0.05, 0) is 28.1 Å². The van der Waals surface area contributed by atoms with Crippen molar-refractivity contribution < 1.29 is 4.74 Å². The molecule has 0 atom stereocenters. The number of halogens is 2. The molecular formula is C7H6BrClO. The van der Waals surface area contributed by atoms with Crippen LogP contribution in [0.1, 0.15) is 0 Å². The van der Waals surface area contributed by atoms with Crippen molar-refractivity contribution in [3.63, 3.8) is 0 Å². The normalized spacial score (nSPS) is 9.50. The van der Waals surface area contributed by atoms with Gasteiger partial charge >= 0.3 is 0 Å². The fourth-order valence-electron chi connectivity index (χ4n) is 0.642. The van der Waals surface area contributed by atoms with Crippen molar-refractivity contribution in [3.05, 3.63) is 27.7 Å². The van der Waals surface area contributed by atoms with Crippen LogP contribution in [0.5, 0.6) is 5.75 Å². The van der Waals surface area contributed by atoms with Crippen LogP contribution in [0.4, 0.5) is 0 Å². The van der Waals surface area contributed by atoms with Gasteiger partial charge in [0.1, 0.15) is 5.75 Å². The molecule has 1 rings (SSSR count). The maximum atomic E-state index is 5.82. The van der Waals surface area contributed by atoms with Gasteiger partial charge in [-0.25, -0.2) is 0 Å². The van der Waals surface area contributed by atoms with Gasteiger partial charge in [-0.2, -0.15) is 0 Å². The van der Waals surface area contributed by atoms with Crippen LogP contribution in [0.3, 0.4) is 0 Å². The molecule has 10 heavy (non-hydrogen) atoms. The average molecular weight is 221 g/mol. The molecular weight excluding hydrogens is 215 g/mol.